The summed E-state index contributed by atoms with van der Waals surface area (Å²) in [7, 11) is 0. The Morgan fingerprint density at radius 1 is 1.29 bits per heavy atom. The van der Waals surface area contributed by atoms with Crippen molar-refractivity contribution >= 4 is 34.9 Å². The van der Waals surface area contributed by atoms with Gasteiger partial charge in [0.25, 0.3) is 11.7 Å². The van der Waals surface area contributed by atoms with Gasteiger partial charge in [-0.25, -0.2) is 0 Å². The van der Waals surface area contributed by atoms with E-state index in [0.717, 1.165) is 0 Å². The summed E-state index contributed by atoms with van der Waals surface area (Å²) >= 11 is 5.83. The number of anilines is 1. The van der Waals surface area contributed by atoms with Crippen LogP contribution in [-0.2, 0) is 9.59 Å². The molecule has 0 saturated heterocycles. The normalized spacial score (nSPS) is 15.4. The number of benzene rings is 1. The van der Waals surface area contributed by atoms with E-state index in [4.69, 9.17) is 11.6 Å². The number of ketones is 1. The maximum absolute atomic E-state index is 12.0. The molecule has 2 amide bonds. The second-order valence-electron chi connectivity index (χ2n) is 5.48. The highest BCUT2D eigenvalue weighted by molar-refractivity contribution is 6.53. The molecule has 21 heavy (non-hydrogen) atoms. The predicted octanol–water partition coefficient (Wildman–Crippen LogP) is 2.03. The highest BCUT2D eigenvalue weighted by atomic mass is 35.5. The van der Waals surface area contributed by atoms with E-state index < -0.39 is 11.7 Å². The third-order valence-electron chi connectivity index (χ3n) is 3.62. The van der Waals surface area contributed by atoms with Crippen LogP contribution in [0.4, 0.5) is 5.69 Å². The summed E-state index contributed by atoms with van der Waals surface area (Å²) in [6, 6.07) is 4.62. The molecular weight excluding hydrogens is 292 g/mol. The first-order chi connectivity index (χ1) is 9.81. The molecule has 6 heteroatoms. The minimum atomic E-state index is -0.695. The van der Waals surface area contributed by atoms with Crippen molar-refractivity contribution in [3.8, 4) is 0 Å². The van der Waals surface area contributed by atoms with Crippen LogP contribution < -0.4 is 10.2 Å². The fourth-order valence-electron chi connectivity index (χ4n) is 2.04. The van der Waals surface area contributed by atoms with Crippen LogP contribution in [0.2, 0.25) is 5.02 Å². The Labute approximate surface area is 128 Å². The molecule has 1 aromatic rings. The van der Waals surface area contributed by atoms with Gasteiger partial charge in [0.05, 0.1) is 11.3 Å². The maximum atomic E-state index is 12.0. The Bertz CT molecular complexity index is 613. The van der Waals surface area contributed by atoms with E-state index in [9.17, 15) is 14.4 Å². The smallest absolute Gasteiger partial charge is 0.299 e. The van der Waals surface area contributed by atoms with Gasteiger partial charge in [-0.15, -0.1) is 0 Å². The van der Waals surface area contributed by atoms with E-state index in [1.165, 1.54) is 11.0 Å². The van der Waals surface area contributed by atoms with Crippen LogP contribution in [-0.4, -0.2) is 30.2 Å². The van der Waals surface area contributed by atoms with Crippen LogP contribution in [0.25, 0.3) is 0 Å². The molecule has 1 aromatic carbocycles. The molecule has 0 bridgehead atoms. The molecule has 0 aliphatic carbocycles. The molecule has 1 atom stereocenters. The number of amides is 2. The van der Waals surface area contributed by atoms with Gasteiger partial charge >= 0.3 is 0 Å². The van der Waals surface area contributed by atoms with E-state index in [2.05, 4.69) is 5.32 Å². The van der Waals surface area contributed by atoms with Gasteiger partial charge in [0.15, 0.2) is 0 Å². The number of hydrogen-bond acceptors (Lipinski definition) is 3. The van der Waals surface area contributed by atoms with Crippen molar-refractivity contribution < 1.29 is 14.4 Å². The van der Waals surface area contributed by atoms with Crippen LogP contribution in [0.5, 0.6) is 0 Å². The number of fused-ring (bicyclic) bond motifs is 1. The fourth-order valence-corrected chi connectivity index (χ4v) is 2.21. The van der Waals surface area contributed by atoms with Crippen LogP contribution in [0.3, 0.4) is 0 Å². The van der Waals surface area contributed by atoms with Crippen molar-refractivity contribution in [1.29, 1.82) is 0 Å². The summed E-state index contributed by atoms with van der Waals surface area (Å²) in [4.78, 5) is 37.1. The molecule has 2 rings (SSSR count). The van der Waals surface area contributed by atoms with Crippen molar-refractivity contribution in [3.05, 3.63) is 28.8 Å². The summed E-state index contributed by atoms with van der Waals surface area (Å²) in [6.07, 6.45) is 0. The lowest BCUT2D eigenvalue weighted by Gasteiger charge is -2.20. The zero-order valence-corrected chi connectivity index (χ0v) is 12.9. The zero-order chi connectivity index (χ0) is 15.7. The second kappa shape index (κ2) is 5.85. The second-order valence-corrected chi connectivity index (χ2v) is 5.92. The number of Topliss-reactive ketones (excluding diaryl/α,β-unsaturated/α-hetero) is 1. The topological polar surface area (TPSA) is 66.5 Å². The summed E-state index contributed by atoms with van der Waals surface area (Å²) in [5, 5.41) is 3.20. The molecular formula is C15H17ClN2O3. The van der Waals surface area contributed by atoms with Crippen LogP contribution >= 0.6 is 11.6 Å². The summed E-state index contributed by atoms with van der Waals surface area (Å²) in [5.41, 5.74) is 0.680. The van der Waals surface area contributed by atoms with Crippen molar-refractivity contribution in [2.75, 3.05) is 11.4 Å². The minimum absolute atomic E-state index is 0.00408. The molecule has 1 unspecified atom stereocenters. The average molecular weight is 309 g/mol. The predicted molar refractivity (Wildman–Crippen MR) is 80.6 cm³/mol. The Morgan fingerprint density at radius 2 is 1.95 bits per heavy atom. The number of carbonyl (C=O) groups is 3. The molecule has 0 radical (unpaired) electrons. The van der Waals surface area contributed by atoms with Crippen molar-refractivity contribution in [3.63, 3.8) is 0 Å². The minimum Gasteiger partial charge on any atom is -0.352 e. The van der Waals surface area contributed by atoms with Crippen molar-refractivity contribution in [2.45, 2.75) is 26.8 Å². The number of rotatable bonds is 4. The third-order valence-corrected chi connectivity index (χ3v) is 3.86. The van der Waals surface area contributed by atoms with Gasteiger partial charge in [-0.3, -0.25) is 19.3 Å². The molecule has 0 saturated carbocycles. The number of halogens is 1. The fraction of sp³-hybridized carbons (Fsp3) is 0.400. The van der Waals surface area contributed by atoms with Crippen LogP contribution in [0, 0.1) is 5.92 Å². The number of hydrogen-bond donors (Lipinski definition) is 1. The Hall–Kier alpha value is -1.88. The average Bonchev–Trinajstić information content (AvgIpc) is 2.63. The summed E-state index contributed by atoms with van der Waals surface area (Å²) in [6.45, 7) is 5.71. The first-order valence-corrected chi connectivity index (χ1v) is 7.14. The number of carbonyl (C=O) groups excluding carboxylic acids is 3. The highest BCUT2D eigenvalue weighted by Gasteiger charge is 2.37. The molecule has 0 fully saturated rings. The molecule has 0 spiro atoms. The van der Waals surface area contributed by atoms with E-state index >= 15 is 0 Å². The first-order valence-electron chi connectivity index (χ1n) is 6.76. The first kappa shape index (κ1) is 15.5. The molecule has 1 N–H and O–H groups in total. The van der Waals surface area contributed by atoms with E-state index in [1.807, 2.05) is 20.8 Å². The summed E-state index contributed by atoms with van der Waals surface area (Å²) in [5.74, 6) is -1.33. The monoisotopic (exact) mass is 308 g/mol. The van der Waals surface area contributed by atoms with E-state index in [-0.39, 0.29) is 30.0 Å². The van der Waals surface area contributed by atoms with Gasteiger partial charge in [0.1, 0.15) is 6.54 Å². The van der Waals surface area contributed by atoms with Crippen LogP contribution in [0.1, 0.15) is 31.1 Å². The molecule has 0 aromatic heterocycles. The molecule has 1 heterocycles. The Kier molecular flexibility index (Phi) is 4.32. The number of nitrogens with zero attached hydrogens (tertiary/aromatic N) is 1. The molecule has 1 aliphatic rings. The van der Waals surface area contributed by atoms with Gasteiger partial charge < -0.3 is 5.32 Å². The largest absolute Gasteiger partial charge is 0.352 e. The quantitative estimate of drug-likeness (QED) is 0.866. The Balaban J connectivity index is 2.17. The maximum Gasteiger partial charge on any atom is 0.299 e. The lowest BCUT2D eigenvalue weighted by atomic mass is 10.1. The number of nitrogens with one attached hydrogen (secondary N) is 1. The zero-order valence-electron chi connectivity index (χ0n) is 12.1. The van der Waals surface area contributed by atoms with Gasteiger partial charge in [0, 0.05) is 11.1 Å². The Morgan fingerprint density at radius 3 is 2.57 bits per heavy atom. The van der Waals surface area contributed by atoms with Gasteiger partial charge in [-0.1, -0.05) is 25.4 Å². The van der Waals surface area contributed by atoms with E-state index in [0.29, 0.717) is 10.7 Å². The van der Waals surface area contributed by atoms with Gasteiger partial charge in [-0.05, 0) is 31.0 Å². The van der Waals surface area contributed by atoms with Gasteiger partial charge in [-0.2, -0.15) is 0 Å². The molecule has 112 valence electrons. The van der Waals surface area contributed by atoms with E-state index in [1.54, 1.807) is 12.1 Å². The SMILES string of the molecule is CC(C)C(C)NC(=O)CN1C(=O)C(=O)c2cc(Cl)ccc21. The third kappa shape index (κ3) is 3.08. The molecule has 5 nitrogen and oxygen atoms in total. The highest BCUT2D eigenvalue weighted by Crippen LogP contribution is 2.30. The lowest BCUT2D eigenvalue weighted by molar-refractivity contribution is -0.122. The summed E-state index contributed by atoms with van der Waals surface area (Å²) < 4.78 is 0. The molecule has 1 aliphatic heterocycles. The van der Waals surface area contributed by atoms with Crippen LogP contribution in [0.15, 0.2) is 18.2 Å². The van der Waals surface area contributed by atoms with Crippen molar-refractivity contribution in [2.24, 2.45) is 5.92 Å². The lowest BCUT2D eigenvalue weighted by Crippen LogP contribution is -2.44. The van der Waals surface area contributed by atoms with Gasteiger partial charge in [0.2, 0.25) is 5.91 Å². The van der Waals surface area contributed by atoms with Crippen molar-refractivity contribution in [1.82, 2.24) is 5.32 Å². The standard InChI is InChI=1S/C15H17ClN2O3/c1-8(2)9(3)17-13(19)7-18-12-5-4-10(16)6-11(12)14(20)15(18)21/h4-6,8-9H,7H2,1-3H3,(H,17,19).